The third kappa shape index (κ3) is 1.96. The van der Waals surface area contributed by atoms with Crippen molar-refractivity contribution >= 4 is 11.9 Å². The maximum absolute atomic E-state index is 11.4. The van der Waals surface area contributed by atoms with Gasteiger partial charge in [0.15, 0.2) is 0 Å². The van der Waals surface area contributed by atoms with E-state index in [1.165, 1.54) is 5.57 Å². The Kier molecular flexibility index (Phi) is 2.63. The Morgan fingerprint density at radius 3 is 2.67 bits per heavy atom. The SMILES string of the molecule is CC(C)CC1=CCC2C(=O)OC(=O)C2C1. The van der Waals surface area contributed by atoms with Crippen molar-refractivity contribution in [1.29, 1.82) is 0 Å². The lowest BCUT2D eigenvalue weighted by Gasteiger charge is -2.21. The zero-order chi connectivity index (χ0) is 11.0. The van der Waals surface area contributed by atoms with E-state index in [1.54, 1.807) is 0 Å². The largest absolute Gasteiger partial charge is 0.393 e. The van der Waals surface area contributed by atoms with Gasteiger partial charge in [-0.25, -0.2) is 0 Å². The first-order valence-corrected chi connectivity index (χ1v) is 5.51. The molecule has 1 aliphatic carbocycles. The van der Waals surface area contributed by atoms with Crippen molar-refractivity contribution in [1.82, 2.24) is 0 Å². The highest BCUT2D eigenvalue weighted by Crippen LogP contribution is 2.37. The molecule has 0 radical (unpaired) electrons. The summed E-state index contributed by atoms with van der Waals surface area (Å²) in [5.74, 6) is -0.449. The van der Waals surface area contributed by atoms with Gasteiger partial charge in [-0.15, -0.1) is 0 Å². The first kappa shape index (κ1) is 10.4. The molecule has 3 nitrogen and oxygen atoms in total. The summed E-state index contributed by atoms with van der Waals surface area (Å²) in [6.07, 6.45) is 4.52. The second-order valence-corrected chi connectivity index (χ2v) is 4.85. The molecule has 0 aromatic heterocycles. The van der Waals surface area contributed by atoms with Crippen molar-refractivity contribution in [2.45, 2.75) is 33.1 Å². The quantitative estimate of drug-likeness (QED) is 0.396. The summed E-state index contributed by atoms with van der Waals surface area (Å²) in [4.78, 5) is 22.7. The van der Waals surface area contributed by atoms with Crippen LogP contribution in [0.3, 0.4) is 0 Å². The van der Waals surface area contributed by atoms with E-state index in [1.807, 2.05) is 0 Å². The van der Waals surface area contributed by atoms with Crippen LogP contribution in [0.2, 0.25) is 0 Å². The van der Waals surface area contributed by atoms with Crippen LogP contribution in [0.15, 0.2) is 11.6 Å². The number of ether oxygens (including phenoxy) is 1. The highest BCUT2D eigenvalue weighted by molar-refractivity contribution is 5.96. The fraction of sp³-hybridized carbons (Fsp3) is 0.667. The average molecular weight is 208 g/mol. The molecule has 3 heteroatoms. The number of allylic oxidation sites excluding steroid dienone is 2. The third-order valence-electron chi connectivity index (χ3n) is 3.11. The molecule has 1 heterocycles. The van der Waals surface area contributed by atoms with E-state index in [9.17, 15) is 9.59 Å². The van der Waals surface area contributed by atoms with Crippen LogP contribution in [-0.2, 0) is 14.3 Å². The average Bonchev–Trinajstić information content (AvgIpc) is 2.41. The summed E-state index contributed by atoms with van der Waals surface area (Å²) >= 11 is 0. The number of fused-ring (bicyclic) bond motifs is 1. The first-order chi connectivity index (χ1) is 7.08. The number of hydrogen-bond acceptors (Lipinski definition) is 3. The summed E-state index contributed by atoms with van der Waals surface area (Å²) in [5.41, 5.74) is 1.30. The van der Waals surface area contributed by atoms with Gasteiger partial charge in [-0.05, 0) is 25.2 Å². The van der Waals surface area contributed by atoms with Crippen LogP contribution in [0.5, 0.6) is 0 Å². The predicted octanol–water partition coefficient (Wildman–Crippen LogP) is 2.07. The molecule has 2 atom stereocenters. The van der Waals surface area contributed by atoms with Crippen molar-refractivity contribution in [2.24, 2.45) is 17.8 Å². The minimum Gasteiger partial charge on any atom is -0.393 e. The molecular weight excluding hydrogens is 192 g/mol. The lowest BCUT2D eigenvalue weighted by atomic mass is 9.79. The summed E-state index contributed by atoms with van der Waals surface area (Å²) in [7, 11) is 0. The fourth-order valence-corrected chi connectivity index (χ4v) is 2.42. The minimum absolute atomic E-state index is 0.198. The summed E-state index contributed by atoms with van der Waals surface area (Å²) in [6, 6.07) is 0. The Morgan fingerprint density at radius 2 is 2.00 bits per heavy atom. The van der Waals surface area contributed by atoms with E-state index in [4.69, 9.17) is 0 Å². The number of cyclic esters (lactones) is 2. The van der Waals surface area contributed by atoms with Gasteiger partial charge in [-0.3, -0.25) is 9.59 Å². The molecular formula is C12H16O3. The van der Waals surface area contributed by atoms with Gasteiger partial charge in [0.05, 0.1) is 11.8 Å². The number of carbonyl (C=O) groups is 2. The monoisotopic (exact) mass is 208 g/mol. The van der Waals surface area contributed by atoms with E-state index >= 15 is 0 Å². The van der Waals surface area contributed by atoms with Gasteiger partial charge in [0.25, 0.3) is 0 Å². The Balaban J connectivity index is 2.09. The molecule has 0 saturated carbocycles. The Hall–Kier alpha value is -1.12. The van der Waals surface area contributed by atoms with Crippen LogP contribution in [0, 0.1) is 17.8 Å². The van der Waals surface area contributed by atoms with Crippen molar-refractivity contribution in [3.8, 4) is 0 Å². The van der Waals surface area contributed by atoms with Gasteiger partial charge >= 0.3 is 11.9 Å². The molecule has 0 aromatic carbocycles. The van der Waals surface area contributed by atoms with Crippen molar-refractivity contribution in [3.05, 3.63) is 11.6 Å². The molecule has 0 N–H and O–H groups in total. The maximum Gasteiger partial charge on any atom is 0.317 e. The highest BCUT2D eigenvalue weighted by atomic mass is 16.6. The summed E-state index contributed by atoms with van der Waals surface area (Å²) < 4.78 is 4.65. The summed E-state index contributed by atoms with van der Waals surface area (Å²) in [6.45, 7) is 4.32. The lowest BCUT2D eigenvalue weighted by Crippen LogP contribution is -2.21. The molecule has 1 aliphatic heterocycles. The number of hydrogen-bond donors (Lipinski definition) is 0. The van der Waals surface area contributed by atoms with Crippen LogP contribution in [-0.4, -0.2) is 11.9 Å². The Labute approximate surface area is 89.5 Å². The lowest BCUT2D eigenvalue weighted by molar-refractivity contribution is -0.153. The van der Waals surface area contributed by atoms with Crippen molar-refractivity contribution in [3.63, 3.8) is 0 Å². The van der Waals surface area contributed by atoms with E-state index in [0.29, 0.717) is 18.8 Å². The second-order valence-electron chi connectivity index (χ2n) is 4.85. The highest BCUT2D eigenvalue weighted by Gasteiger charge is 2.45. The Bertz CT molecular complexity index is 328. The molecule has 0 bridgehead atoms. The molecule has 1 fully saturated rings. The van der Waals surface area contributed by atoms with Crippen LogP contribution in [0.4, 0.5) is 0 Å². The van der Waals surface area contributed by atoms with Gasteiger partial charge in [-0.1, -0.05) is 25.5 Å². The number of carbonyl (C=O) groups excluding carboxylic acids is 2. The van der Waals surface area contributed by atoms with Crippen molar-refractivity contribution in [2.75, 3.05) is 0 Å². The van der Waals surface area contributed by atoms with Gasteiger partial charge in [-0.2, -0.15) is 0 Å². The van der Waals surface area contributed by atoms with Crippen LogP contribution in [0.25, 0.3) is 0 Å². The minimum atomic E-state index is -0.329. The zero-order valence-electron chi connectivity index (χ0n) is 9.16. The second kappa shape index (κ2) is 3.80. The van der Waals surface area contributed by atoms with Crippen LogP contribution >= 0.6 is 0 Å². The van der Waals surface area contributed by atoms with Gasteiger partial charge in [0, 0.05) is 0 Å². The maximum atomic E-state index is 11.4. The topological polar surface area (TPSA) is 43.4 Å². The molecule has 0 amide bonds. The smallest absolute Gasteiger partial charge is 0.317 e. The molecule has 0 aromatic rings. The van der Waals surface area contributed by atoms with E-state index in [-0.39, 0.29) is 23.8 Å². The Morgan fingerprint density at radius 1 is 1.33 bits per heavy atom. The molecule has 0 spiro atoms. The molecule has 2 aliphatic rings. The molecule has 15 heavy (non-hydrogen) atoms. The fourth-order valence-electron chi connectivity index (χ4n) is 2.42. The first-order valence-electron chi connectivity index (χ1n) is 5.51. The van der Waals surface area contributed by atoms with E-state index in [2.05, 4.69) is 24.7 Å². The normalized spacial score (nSPS) is 30.2. The third-order valence-corrected chi connectivity index (χ3v) is 3.11. The summed E-state index contributed by atoms with van der Waals surface area (Å²) in [5, 5.41) is 0. The van der Waals surface area contributed by atoms with Crippen molar-refractivity contribution < 1.29 is 14.3 Å². The zero-order valence-corrected chi connectivity index (χ0v) is 9.16. The molecule has 2 rings (SSSR count). The molecule has 2 unspecified atom stereocenters. The van der Waals surface area contributed by atoms with Gasteiger partial charge in [0.1, 0.15) is 0 Å². The van der Waals surface area contributed by atoms with Gasteiger partial charge in [0.2, 0.25) is 0 Å². The molecule has 82 valence electrons. The number of esters is 2. The van der Waals surface area contributed by atoms with E-state index < -0.39 is 0 Å². The molecule has 1 saturated heterocycles. The van der Waals surface area contributed by atoms with Crippen LogP contribution in [0.1, 0.15) is 33.1 Å². The van der Waals surface area contributed by atoms with E-state index in [0.717, 1.165) is 6.42 Å². The van der Waals surface area contributed by atoms with Gasteiger partial charge < -0.3 is 4.74 Å². The standard InChI is InChI=1S/C12H16O3/c1-7(2)5-8-3-4-9-10(6-8)12(14)15-11(9)13/h3,7,9-10H,4-6H2,1-2H3. The number of rotatable bonds is 2. The predicted molar refractivity (Wildman–Crippen MR) is 54.9 cm³/mol. The van der Waals surface area contributed by atoms with Crippen LogP contribution < -0.4 is 0 Å².